The van der Waals surface area contributed by atoms with Crippen LogP contribution in [0.1, 0.15) is 23.8 Å². The van der Waals surface area contributed by atoms with Crippen molar-refractivity contribution in [3.8, 4) is 0 Å². The maximum atomic E-state index is 12.3. The highest BCUT2D eigenvalue weighted by atomic mass is 16.5. The molecule has 25 heavy (non-hydrogen) atoms. The Morgan fingerprint density at radius 2 is 1.88 bits per heavy atom. The number of nitrogens with one attached hydrogen (secondary N) is 3. The van der Waals surface area contributed by atoms with Gasteiger partial charge in [0.1, 0.15) is 17.8 Å². The second-order valence-electron chi connectivity index (χ2n) is 5.28. The van der Waals surface area contributed by atoms with Crippen LogP contribution in [-0.4, -0.2) is 42.0 Å². The van der Waals surface area contributed by atoms with Gasteiger partial charge in [-0.05, 0) is 24.6 Å². The van der Waals surface area contributed by atoms with Crippen LogP contribution in [0.25, 0.3) is 0 Å². The molecule has 8 nitrogen and oxygen atoms in total. The predicted octanol–water partition coefficient (Wildman–Crippen LogP) is 2.14. The Bertz CT molecular complexity index is 736. The van der Waals surface area contributed by atoms with Crippen LogP contribution in [0, 0.1) is 0 Å². The molecular weight excluding hydrogens is 322 g/mol. The molecule has 2 amide bonds. The largest absolute Gasteiger partial charge is 0.385 e. The van der Waals surface area contributed by atoms with Crippen molar-refractivity contribution < 1.29 is 14.3 Å². The number of carbonyl (C=O) groups excluding carboxylic acids is 2. The third-order valence-electron chi connectivity index (χ3n) is 3.17. The Balaban J connectivity index is 1.99. The molecule has 132 valence electrons. The number of benzene rings is 1. The van der Waals surface area contributed by atoms with E-state index < -0.39 is 0 Å². The Hall–Kier alpha value is -3.00. The molecule has 1 heterocycles. The van der Waals surface area contributed by atoms with E-state index in [0.717, 1.165) is 6.42 Å². The van der Waals surface area contributed by atoms with Crippen LogP contribution < -0.4 is 16.0 Å². The van der Waals surface area contributed by atoms with Gasteiger partial charge in [0.15, 0.2) is 0 Å². The van der Waals surface area contributed by atoms with Gasteiger partial charge in [0, 0.05) is 44.6 Å². The monoisotopic (exact) mass is 343 g/mol. The predicted molar refractivity (Wildman–Crippen MR) is 95.7 cm³/mol. The van der Waals surface area contributed by atoms with Crippen molar-refractivity contribution in [1.82, 2.24) is 9.97 Å². The first kappa shape index (κ1) is 18.3. The van der Waals surface area contributed by atoms with Crippen molar-refractivity contribution in [2.45, 2.75) is 13.3 Å². The van der Waals surface area contributed by atoms with Gasteiger partial charge in [-0.15, -0.1) is 0 Å². The summed E-state index contributed by atoms with van der Waals surface area (Å²) in [6.07, 6.45) is 2.17. The van der Waals surface area contributed by atoms with E-state index in [1.807, 2.05) is 0 Å². The van der Waals surface area contributed by atoms with Gasteiger partial charge in [0.2, 0.25) is 5.91 Å². The molecule has 1 aromatic heterocycles. The number of hydrogen-bond acceptors (Lipinski definition) is 6. The maximum absolute atomic E-state index is 12.3. The van der Waals surface area contributed by atoms with Crippen molar-refractivity contribution in [2.75, 3.05) is 36.2 Å². The van der Waals surface area contributed by atoms with E-state index in [1.165, 1.54) is 13.3 Å². The van der Waals surface area contributed by atoms with E-state index in [-0.39, 0.29) is 17.5 Å². The average molecular weight is 343 g/mol. The van der Waals surface area contributed by atoms with Crippen LogP contribution in [0.5, 0.6) is 0 Å². The third kappa shape index (κ3) is 6.19. The SMILES string of the molecule is COCCCNc1cc(C(=O)Nc2cccc(NC(C)=O)c2)ncn1. The first-order valence-corrected chi connectivity index (χ1v) is 7.82. The summed E-state index contributed by atoms with van der Waals surface area (Å²) in [6, 6.07) is 8.46. The molecule has 3 N–H and O–H groups in total. The number of nitrogens with zero attached hydrogens (tertiary/aromatic N) is 2. The molecule has 0 saturated heterocycles. The van der Waals surface area contributed by atoms with Crippen LogP contribution in [0.15, 0.2) is 36.7 Å². The highest BCUT2D eigenvalue weighted by molar-refractivity contribution is 6.03. The summed E-state index contributed by atoms with van der Waals surface area (Å²) in [5.74, 6) is 0.0361. The summed E-state index contributed by atoms with van der Waals surface area (Å²) in [7, 11) is 1.65. The molecule has 0 bridgehead atoms. The first-order valence-electron chi connectivity index (χ1n) is 7.82. The number of amides is 2. The lowest BCUT2D eigenvalue weighted by Gasteiger charge is -2.09. The zero-order chi connectivity index (χ0) is 18.1. The van der Waals surface area contributed by atoms with E-state index in [9.17, 15) is 9.59 Å². The Labute approximate surface area is 146 Å². The number of ether oxygens (including phenoxy) is 1. The number of methoxy groups -OCH3 is 1. The van der Waals surface area contributed by atoms with Crippen molar-refractivity contribution in [3.05, 3.63) is 42.4 Å². The first-order chi connectivity index (χ1) is 12.1. The topological polar surface area (TPSA) is 105 Å². The number of aromatic nitrogens is 2. The van der Waals surface area contributed by atoms with Gasteiger partial charge in [-0.25, -0.2) is 9.97 Å². The molecule has 2 aromatic rings. The fourth-order valence-electron chi connectivity index (χ4n) is 2.08. The smallest absolute Gasteiger partial charge is 0.274 e. The van der Waals surface area contributed by atoms with Crippen LogP contribution in [0.2, 0.25) is 0 Å². The van der Waals surface area contributed by atoms with E-state index in [1.54, 1.807) is 37.4 Å². The van der Waals surface area contributed by atoms with Gasteiger partial charge < -0.3 is 20.7 Å². The Morgan fingerprint density at radius 3 is 2.60 bits per heavy atom. The maximum Gasteiger partial charge on any atom is 0.274 e. The minimum atomic E-state index is -0.359. The number of anilines is 3. The Morgan fingerprint density at radius 1 is 1.12 bits per heavy atom. The average Bonchev–Trinajstić information content (AvgIpc) is 2.59. The second kappa shape index (κ2) is 9.33. The third-order valence-corrected chi connectivity index (χ3v) is 3.17. The Kier molecular flexibility index (Phi) is 6.85. The lowest BCUT2D eigenvalue weighted by Crippen LogP contribution is -2.15. The van der Waals surface area contributed by atoms with E-state index in [4.69, 9.17) is 4.74 Å². The summed E-state index contributed by atoms with van der Waals surface area (Å²) in [4.78, 5) is 31.5. The standard InChI is InChI=1S/C17H21N5O3/c1-12(23)21-13-5-3-6-14(9-13)22-17(24)15-10-16(20-11-19-15)18-7-4-8-25-2/h3,5-6,9-11H,4,7-8H2,1-2H3,(H,21,23)(H,22,24)(H,18,19,20). The zero-order valence-corrected chi connectivity index (χ0v) is 14.2. The van der Waals surface area contributed by atoms with Crippen LogP contribution in [-0.2, 0) is 9.53 Å². The minimum Gasteiger partial charge on any atom is -0.385 e. The van der Waals surface area contributed by atoms with Gasteiger partial charge >= 0.3 is 0 Å². The molecule has 2 rings (SSSR count). The second-order valence-corrected chi connectivity index (χ2v) is 5.28. The molecule has 0 aliphatic rings. The van der Waals surface area contributed by atoms with E-state index in [2.05, 4.69) is 25.9 Å². The molecule has 0 fully saturated rings. The molecule has 0 atom stereocenters. The number of rotatable bonds is 8. The summed E-state index contributed by atoms with van der Waals surface area (Å²) < 4.78 is 4.98. The van der Waals surface area contributed by atoms with Gasteiger partial charge in [-0.1, -0.05) is 6.07 Å². The molecular formula is C17H21N5O3. The van der Waals surface area contributed by atoms with Gasteiger partial charge in [-0.3, -0.25) is 9.59 Å². The van der Waals surface area contributed by atoms with Crippen LogP contribution in [0.4, 0.5) is 17.2 Å². The molecule has 0 unspecified atom stereocenters. The van der Waals surface area contributed by atoms with E-state index >= 15 is 0 Å². The van der Waals surface area contributed by atoms with Crippen LogP contribution in [0.3, 0.4) is 0 Å². The fourth-order valence-corrected chi connectivity index (χ4v) is 2.08. The van der Waals surface area contributed by atoms with E-state index in [0.29, 0.717) is 30.3 Å². The molecule has 0 saturated carbocycles. The quantitative estimate of drug-likeness (QED) is 0.634. The summed E-state index contributed by atoms with van der Waals surface area (Å²) >= 11 is 0. The fraction of sp³-hybridized carbons (Fsp3) is 0.294. The highest BCUT2D eigenvalue weighted by Gasteiger charge is 2.09. The van der Waals surface area contributed by atoms with Crippen molar-refractivity contribution >= 4 is 29.0 Å². The molecule has 1 aromatic carbocycles. The van der Waals surface area contributed by atoms with Crippen molar-refractivity contribution in [1.29, 1.82) is 0 Å². The van der Waals surface area contributed by atoms with Gasteiger partial charge in [0.05, 0.1) is 0 Å². The summed E-state index contributed by atoms with van der Waals surface area (Å²) in [5, 5.41) is 8.52. The van der Waals surface area contributed by atoms with Crippen molar-refractivity contribution in [2.24, 2.45) is 0 Å². The molecule has 0 aliphatic heterocycles. The molecule has 0 aliphatic carbocycles. The molecule has 0 radical (unpaired) electrons. The van der Waals surface area contributed by atoms with Gasteiger partial charge in [0.25, 0.3) is 5.91 Å². The number of carbonyl (C=O) groups is 2. The highest BCUT2D eigenvalue weighted by Crippen LogP contribution is 2.16. The van der Waals surface area contributed by atoms with Crippen LogP contribution >= 0.6 is 0 Å². The minimum absolute atomic E-state index is 0.177. The molecule has 8 heteroatoms. The molecule has 0 spiro atoms. The normalized spacial score (nSPS) is 10.2. The zero-order valence-electron chi connectivity index (χ0n) is 14.2. The summed E-state index contributed by atoms with van der Waals surface area (Å²) in [5.41, 5.74) is 1.41. The lowest BCUT2D eigenvalue weighted by molar-refractivity contribution is -0.114. The summed E-state index contributed by atoms with van der Waals surface area (Å²) in [6.45, 7) is 2.76. The lowest BCUT2D eigenvalue weighted by atomic mass is 10.2. The van der Waals surface area contributed by atoms with Gasteiger partial charge in [-0.2, -0.15) is 0 Å². The van der Waals surface area contributed by atoms with Crippen molar-refractivity contribution in [3.63, 3.8) is 0 Å². The number of hydrogen-bond donors (Lipinski definition) is 3.